The van der Waals surface area contributed by atoms with Gasteiger partial charge < -0.3 is 20.7 Å². The molecular formula is C18H23N3O4. The molecule has 2 aliphatic rings. The van der Waals surface area contributed by atoms with Crippen LogP contribution in [0.5, 0.6) is 5.75 Å². The molecule has 3 rings (SSSR count). The minimum absolute atomic E-state index is 0.0394. The minimum Gasteiger partial charge on any atom is -0.497 e. The topological polar surface area (TPSA) is 102 Å². The second-order valence-electron chi connectivity index (χ2n) is 6.84. The average Bonchev–Trinajstić information content (AvgIpc) is 3.30. The Morgan fingerprint density at radius 2 is 1.84 bits per heavy atom. The smallest absolute Gasteiger partial charge is 0.238 e. The molecule has 2 fully saturated rings. The van der Waals surface area contributed by atoms with E-state index < -0.39 is 11.3 Å². The highest BCUT2D eigenvalue weighted by atomic mass is 16.5. The number of likely N-dealkylation sites (tertiary alicyclic amines) is 1. The van der Waals surface area contributed by atoms with Crippen molar-refractivity contribution in [2.24, 2.45) is 11.1 Å². The van der Waals surface area contributed by atoms with Crippen LogP contribution in [0.3, 0.4) is 0 Å². The van der Waals surface area contributed by atoms with Gasteiger partial charge in [-0.2, -0.15) is 0 Å². The molecule has 1 aromatic carbocycles. The molecule has 7 heteroatoms. The number of amides is 3. The average molecular weight is 345 g/mol. The van der Waals surface area contributed by atoms with Crippen LogP contribution in [0, 0.1) is 5.41 Å². The number of methoxy groups -OCH3 is 1. The van der Waals surface area contributed by atoms with Crippen LogP contribution < -0.4 is 15.8 Å². The molecule has 1 aromatic rings. The number of carbonyl (C=O) groups excluding carboxylic acids is 3. The number of primary amides is 1. The van der Waals surface area contributed by atoms with Crippen molar-refractivity contribution in [1.29, 1.82) is 0 Å². The summed E-state index contributed by atoms with van der Waals surface area (Å²) in [6, 6.07) is 7.39. The van der Waals surface area contributed by atoms with Crippen LogP contribution in [0.1, 0.15) is 31.2 Å². The number of nitrogens with two attached hydrogens (primary N) is 1. The number of hydrogen-bond donors (Lipinski definition) is 2. The molecule has 1 heterocycles. The fourth-order valence-corrected chi connectivity index (χ4v) is 3.56. The maximum absolute atomic E-state index is 12.8. The van der Waals surface area contributed by atoms with Crippen molar-refractivity contribution in [3.8, 4) is 5.75 Å². The highest BCUT2D eigenvalue weighted by Gasteiger charge is 2.58. The van der Waals surface area contributed by atoms with E-state index >= 15 is 0 Å². The number of carbonyl (C=O) groups is 3. The quantitative estimate of drug-likeness (QED) is 0.754. The molecule has 25 heavy (non-hydrogen) atoms. The Morgan fingerprint density at radius 3 is 2.32 bits per heavy atom. The number of hydrogen-bond acceptors (Lipinski definition) is 4. The first-order chi connectivity index (χ1) is 11.9. The molecular weight excluding hydrogens is 322 g/mol. The van der Waals surface area contributed by atoms with Gasteiger partial charge in [0.2, 0.25) is 17.7 Å². The SMILES string of the molecule is COc1ccc([C@H]2CN(C(=O)C3(C(N)=O)CC3)C[C@@H]2NC(C)=O)cc1. The lowest BCUT2D eigenvalue weighted by atomic mass is 9.94. The summed E-state index contributed by atoms with van der Waals surface area (Å²) in [5, 5.41) is 2.92. The third-order valence-corrected chi connectivity index (χ3v) is 5.17. The normalized spacial score (nSPS) is 23.8. The lowest BCUT2D eigenvalue weighted by molar-refractivity contribution is -0.142. The van der Waals surface area contributed by atoms with Crippen molar-refractivity contribution in [2.45, 2.75) is 31.7 Å². The Balaban J connectivity index is 1.82. The lowest BCUT2D eigenvalue weighted by Crippen LogP contribution is -2.44. The van der Waals surface area contributed by atoms with Crippen molar-refractivity contribution in [3.05, 3.63) is 29.8 Å². The monoisotopic (exact) mass is 345 g/mol. The predicted molar refractivity (Wildman–Crippen MR) is 90.8 cm³/mol. The maximum Gasteiger partial charge on any atom is 0.238 e. The van der Waals surface area contributed by atoms with Gasteiger partial charge in [-0.25, -0.2) is 0 Å². The van der Waals surface area contributed by atoms with Crippen molar-refractivity contribution in [3.63, 3.8) is 0 Å². The molecule has 1 aliphatic heterocycles. The van der Waals surface area contributed by atoms with Gasteiger partial charge in [-0.3, -0.25) is 14.4 Å². The van der Waals surface area contributed by atoms with Crippen LogP contribution in [0.4, 0.5) is 0 Å². The van der Waals surface area contributed by atoms with Crippen molar-refractivity contribution in [1.82, 2.24) is 10.2 Å². The summed E-state index contributed by atoms with van der Waals surface area (Å²) >= 11 is 0. The highest BCUT2D eigenvalue weighted by molar-refractivity contribution is 6.07. The van der Waals surface area contributed by atoms with E-state index in [1.54, 1.807) is 12.0 Å². The Hall–Kier alpha value is -2.57. The zero-order valence-corrected chi connectivity index (χ0v) is 14.5. The zero-order valence-electron chi connectivity index (χ0n) is 14.5. The highest BCUT2D eigenvalue weighted by Crippen LogP contribution is 2.48. The van der Waals surface area contributed by atoms with Gasteiger partial charge in [-0.15, -0.1) is 0 Å². The van der Waals surface area contributed by atoms with Gasteiger partial charge in [0.1, 0.15) is 11.2 Å². The first kappa shape index (κ1) is 17.3. The molecule has 0 aromatic heterocycles. The van der Waals surface area contributed by atoms with Crippen molar-refractivity contribution < 1.29 is 19.1 Å². The van der Waals surface area contributed by atoms with E-state index in [4.69, 9.17) is 10.5 Å². The molecule has 3 N–H and O–H groups in total. The minimum atomic E-state index is -1.03. The van der Waals surface area contributed by atoms with Crippen LogP contribution in [0.15, 0.2) is 24.3 Å². The van der Waals surface area contributed by atoms with Gasteiger partial charge in [-0.05, 0) is 30.5 Å². The molecule has 3 amide bonds. The summed E-state index contributed by atoms with van der Waals surface area (Å²) in [6.45, 7) is 2.29. The molecule has 1 saturated heterocycles. The van der Waals surface area contributed by atoms with E-state index in [0.717, 1.165) is 11.3 Å². The largest absolute Gasteiger partial charge is 0.497 e. The number of nitrogens with zero attached hydrogens (tertiary/aromatic N) is 1. The van der Waals surface area contributed by atoms with Gasteiger partial charge in [0.05, 0.1) is 13.2 Å². The molecule has 1 aliphatic carbocycles. The summed E-state index contributed by atoms with van der Waals surface area (Å²) in [5.74, 6) is -0.208. The van der Waals surface area contributed by atoms with Gasteiger partial charge in [0, 0.05) is 25.9 Å². The van der Waals surface area contributed by atoms with Gasteiger partial charge >= 0.3 is 0 Å². The standard InChI is InChI=1S/C18H23N3O4/c1-11(22)20-15-10-21(17(24)18(7-8-18)16(19)23)9-14(15)12-3-5-13(25-2)6-4-12/h3-6,14-15H,7-10H2,1-2H3,(H2,19,23)(H,20,22)/t14-,15+/m1/s1. The predicted octanol–water partition coefficient (Wildman–Crippen LogP) is 0.391. The Labute approximate surface area is 146 Å². The Morgan fingerprint density at radius 1 is 1.20 bits per heavy atom. The van der Waals surface area contributed by atoms with Crippen LogP contribution in [-0.2, 0) is 14.4 Å². The number of nitrogens with one attached hydrogen (secondary N) is 1. The molecule has 2 atom stereocenters. The lowest BCUT2D eigenvalue weighted by Gasteiger charge is -2.21. The Bertz CT molecular complexity index is 697. The molecule has 1 saturated carbocycles. The zero-order chi connectivity index (χ0) is 18.2. The first-order valence-electron chi connectivity index (χ1n) is 8.38. The molecule has 0 spiro atoms. The van der Waals surface area contributed by atoms with E-state index in [1.165, 1.54) is 6.92 Å². The summed E-state index contributed by atoms with van der Waals surface area (Å²) in [4.78, 5) is 37.6. The number of rotatable bonds is 5. The van der Waals surface area contributed by atoms with Crippen LogP contribution in [0.25, 0.3) is 0 Å². The second-order valence-corrected chi connectivity index (χ2v) is 6.84. The van der Waals surface area contributed by atoms with Crippen LogP contribution >= 0.6 is 0 Å². The van der Waals surface area contributed by atoms with Crippen LogP contribution in [-0.4, -0.2) is 48.9 Å². The third-order valence-electron chi connectivity index (χ3n) is 5.17. The molecule has 7 nitrogen and oxygen atoms in total. The van der Waals surface area contributed by atoms with Crippen molar-refractivity contribution in [2.75, 3.05) is 20.2 Å². The summed E-state index contributed by atoms with van der Waals surface area (Å²) in [5.41, 5.74) is 5.40. The molecule has 0 radical (unpaired) electrons. The second kappa shape index (κ2) is 6.38. The summed E-state index contributed by atoms with van der Waals surface area (Å²) < 4.78 is 5.18. The van der Waals surface area contributed by atoms with Gasteiger partial charge in [0.25, 0.3) is 0 Å². The molecule has 0 bridgehead atoms. The fourth-order valence-electron chi connectivity index (χ4n) is 3.56. The molecule has 0 unspecified atom stereocenters. The summed E-state index contributed by atoms with van der Waals surface area (Å²) in [7, 11) is 1.60. The van der Waals surface area contributed by atoms with Crippen molar-refractivity contribution >= 4 is 17.7 Å². The Kier molecular flexibility index (Phi) is 4.41. The number of benzene rings is 1. The summed E-state index contributed by atoms with van der Waals surface area (Å²) in [6.07, 6.45) is 1.02. The van der Waals surface area contributed by atoms with E-state index in [9.17, 15) is 14.4 Å². The fraction of sp³-hybridized carbons (Fsp3) is 0.500. The molecule has 134 valence electrons. The van der Waals surface area contributed by atoms with E-state index in [-0.39, 0.29) is 23.8 Å². The maximum atomic E-state index is 12.8. The first-order valence-corrected chi connectivity index (χ1v) is 8.38. The van der Waals surface area contributed by atoms with Gasteiger partial charge in [-0.1, -0.05) is 12.1 Å². The van der Waals surface area contributed by atoms with Gasteiger partial charge in [0.15, 0.2) is 0 Å². The third kappa shape index (κ3) is 3.18. The van der Waals surface area contributed by atoms with E-state index in [0.29, 0.717) is 25.9 Å². The number of ether oxygens (including phenoxy) is 1. The van der Waals surface area contributed by atoms with Crippen LogP contribution in [0.2, 0.25) is 0 Å². The van der Waals surface area contributed by atoms with E-state index in [2.05, 4.69) is 5.32 Å². The van der Waals surface area contributed by atoms with E-state index in [1.807, 2.05) is 24.3 Å².